The number of nitrogens with zero attached hydrogens (tertiary/aromatic N) is 4. The van der Waals surface area contributed by atoms with Crippen molar-refractivity contribution < 1.29 is 4.39 Å². The third kappa shape index (κ3) is 5.23. The van der Waals surface area contributed by atoms with Crippen LogP contribution in [0.3, 0.4) is 0 Å². The van der Waals surface area contributed by atoms with Crippen LogP contribution in [0.5, 0.6) is 0 Å². The summed E-state index contributed by atoms with van der Waals surface area (Å²) in [5.41, 5.74) is 3.04. The third-order valence-electron chi connectivity index (χ3n) is 4.96. The molecule has 3 rings (SSSR count). The van der Waals surface area contributed by atoms with E-state index in [0.29, 0.717) is 13.1 Å². The molecular formula is C22H30FN5. The van der Waals surface area contributed by atoms with E-state index >= 15 is 0 Å². The summed E-state index contributed by atoms with van der Waals surface area (Å²) in [7, 11) is 5.70. The van der Waals surface area contributed by atoms with Crippen molar-refractivity contribution in [1.82, 2.24) is 15.1 Å². The van der Waals surface area contributed by atoms with Gasteiger partial charge in [0.2, 0.25) is 0 Å². The number of piperazine rings is 1. The van der Waals surface area contributed by atoms with Crippen LogP contribution in [-0.4, -0.2) is 63.1 Å². The molecule has 6 heteroatoms. The first-order valence-corrected chi connectivity index (χ1v) is 9.74. The van der Waals surface area contributed by atoms with Gasteiger partial charge >= 0.3 is 0 Å². The molecule has 150 valence electrons. The van der Waals surface area contributed by atoms with Crippen LogP contribution < -0.4 is 10.2 Å². The van der Waals surface area contributed by atoms with E-state index < -0.39 is 0 Å². The first-order valence-electron chi connectivity index (χ1n) is 9.74. The number of halogens is 1. The lowest BCUT2D eigenvalue weighted by Crippen LogP contribution is -2.52. The van der Waals surface area contributed by atoms with Crippen molar-refractivity contribution in [2.75, 3.05) is 52.2 Å². The van der Waals surface area contributed by atoms with Gasteiger partial charge in [-0.25, -0.2) is 4.39 Å². The van der Waals surface area contributed by atoms with Gasteiger partial charge in [-0.3, -0.25) is 4.99 Å². The van der Waals surface area contributed by atoms with Crippen LogP contribution in [-0.2, 0) is 13.1 Å². The Morgan fingerprint density at radius 2 is 1.79 bits per heavy atom. The summed E-state index contributed by atoms with van der Waals surface area (Å²) >= 11 is 0. The molecule has 0 aliphatic carbocycles. The fraction of sp³-hybridized carbons (Fsp3) is 0.409. The van der Waals surface area contributed by atoms with Gasteiger partial charge in [0.25, 0.3) is 0 Å². The van der Waals surface area contributed by atoms with Crippen molar-refractivity contribution in [3.8, 4) is 0 Å². The van der Waals surface area contributed by atoms with Gasteiger partial charge in [-0.05, 0) is 43.9 Å². The fourth-order valence-corrected chi connectivity index (χ4v) is 3.53. The normalized spacial score (nSPS) is 15.2. The first kappa shape index (κ1) is 20.1. The molecule has 0 bridgehead atoms. The van der Waals surface area contributed by atoms with E-state index in [4.69, 9.17) is 0 Å². The van der Waals surface area contributed by atoms with E-state index in [2.05, 4.69) is 44.4 Å². The average Bonchev–Trinajstić information content (AvgIpc) is 2.71. The van der Waals surface area contributed by atoms with Crippen LogP contribution in [0.25, 0.3) is 0 Å². The van der Waals surface area contributed by atoms with E-state index in [1.54, 1.807) is 6.07 Å². The summed E-state index contributed by atoms with van der Waals surface area (Å²) in [6, 6.07) is 15.8. The maximum absolute atomic E-state index is 14.0. The van der Waals surface area contributed by atoms with Crippen molar-refractivity contribution in [2.24, 2.45) is 4.99 Å². The molecule has 1 fully saturated rings. The van der Waals surface area contributed by atoms with E-state index in [0.717, 1.165) is 43.3 Å². The summed E-state index contributed by atoms with van der Waals surface area (Å²) in [4.78, 5) is 11.1. The van der Waals surface area contributed by atoms with Gasteiger partial charge in [-0.2, -0.15) is 0 Å². The second kappa shape index (κ2) is 9.55. The van der Waals surface area contributed by atoms with E-state index in [9.17, 15) is 4.39 Å². The summed E-state index contributed by atoms with van der Waals surface area (Å²) in [5, 5.41) is 3.43. The lowest BCUT2D eigenvalue weighted by Gasteiger charge is -2.37. The smallest absolute Gasteiger partial charge is 0.194 e. The predicted molar refractivity (Wildman–Crippen MR) is 114 cm³/mol. The van der Waals surface area contributed by atoms with Gasteiger partial charge in [-0.15, -0.1) is 0 Å². The number of rotatable bonds is 5. The van der Waals surface area contributed by atoms with E-state index in [1.165, 1.54) is 5.69 Å². The van der Waals surface area contributed by atoms with Crippen molar-refractivity contribution in [3.05, 3.63) is 65.5 Å². The molecule has 0 saturated carbocycles. The summed E-state index contributed by atoms with van der Waals surface area (Å²) in [5.74, 6) is 0.741. The van der Waals surface area contributed by atoms with Gasteiger partial charge in [0, 0.05) is 57.6 Å². The van der Waals surface area contributed by atoms with Crippen molar-refractivity contribution in [3.63, 3.8) is 0 Å². The SMILES string of the molecule is CN=C(NCc1ccc(F)c(CN(C)C)c1)N1CCN(c2ccccc2)CC1. The molecule has 2 aromatic rings. The quantitative estimate of drug-likeness (QED) is 0.636. The second-order valence-electron chi connectivity index (χ2n) is 7.37. The van der Waals surface area contributed by atoms with Crippen LogP contribution in [0.4, 0.5) is 10.1 Å². The van der Waals surface area contributed by atoms with Gasteiger partial charge < -0.3 is 20.0 Å². The number of nitrogens with one attached hydrogen (secondary N) is 1. The molecule has 5 nitrogen and oxygen atoms in total. The number of hydrogen-bond donors (Lipinski definition) is 1. The van der Waals surface area contributed by atoms with Crippen LogP contribution >= 0.6 is 0 Å². The highest BCUT2D eigenvalue weighted by Gasteiger charge is 2.19. The lowest BCUT2D eigenvalue weighted by atomic mass is 10.1. The summed E-state index contributed by atoms with van der Waals surface area (Å²) in [6.45, 7) is 5.00. The van der Waals surface area contributed by atoms with Crippen molar-refractivity contribution >= 4 is 11.6 Å². The lowest BCUT2D eigenvalue weighted by molar-refractivity contribution is 0.372. The molecule has 0 spiro atoms. The minimum Gasteiger partial charge on any atom is -0.368 e. The first-order chi connectivity index (χ1) is 13.6. The molecule has 1 N–H and O–H groups in total. The zero-order valence-corrected chi connectivity index (χ0v) is 17.0. The standard InChI is InChI=1S/C22H30FN5/c1-24-22(25-16-18-9-10-21(23)19(15-18)17-26(2)3)28-13-11-27(12-14-28)20-7-5-4-6-8-20/h4-10,15H,11-14,16-17H2,1-3H3,(H,24,25). The fourth-order valence-electron chi connectivity index (χ4n) is 3.53. The highest BCUT2D eigenvalue weighted by molar-refractivity contribution is 5.80. The highest BCUT2D eigenvalue weighted by atomic mass is 19.1. The Morgan fingerprint density at radius 1 is 1.07 bits per heavy atom. The zero-order valence-electron chi connectivity index (χ0n) is 17.0. The number of anilines is 1. The largest absolute Gasteiger partial charge is 0.368 e. The minimum atomic E-state index is -0.154. The molecule has 0 atom stereocenters. The van der Waals surface area contributed by atoms with Gasteiger partial charge in [0.15, 0.2) is 5.96 Å². The molecule has 1 aliphatic rings. The molecule has 0 aromatic heterocycles. The Balaban J connectivity index is 1.56. The maximum atomic E-state index is 14.0. The molecule has 1 heterocycles. The molecule has 1 saturated heterocycles. The van der Waals surface area contributed by atoms with Gasteiger partial charge in [0.1, 0.15) is 5.82 Å². The van der Waals surface area contributed by atoms with Gasteiger partial charge in [-0.1, -0.05) is 24.3 Å². The van der Waals surface area contributed by atoms with E-state index in [-0.39, 0.29) is 5.82 Å². The third-order valence-corrected chi connectivity index (χ3v) is 4.96. The highest BCUT2D eigenvalue weighted by Crippen LogP contribution is 2.16. The predicted octanol–water partition coefficient (Wildman–Crippen LogP) is 2.78. The molecule has 0 unspecified atom stereocenters. The Kier molecular flexibility index (Phi) is 6.87. The van der Waals surface area contributed by atoms with Crippen LogP contribution in [0.2, 0.25) is 0 Å². The second-order valence-corrected chi connectivity index (χ2v) is 7.37. The molecule has 0 amide bonds. The van der Waals surface area contributed by atoms with Crippen molar-refractivity contribution in [2.45, 2.75) is 13.1 Å². The Morgan fingerprint density at radius 3 is 2.43 bits per heavy atom. The number of guanidine groups is 1. The summed E-state index contributed by atoms with van der Waals surface area (Å²) in [6.07, 6.45) is 0. The Bertz CT molecular complexity index is 783. The van der Waals surface area contributed by atoms with Crippen LogP contribution in [0.1, 0.15) is 11.1 Å². The molecule has 2 aromatic carbocycles. The van der Waals surface area contributed by atoms with E-state index in [1.807, 2.05) is 44.2 Å². The number of hydrogen-bond acceptors (Lipinski definition) is 3. The Hall–Kier alpha value is -2.60. The number of aliphatic imine (C=N–C) groups is 1. The average molecular weight is 384 g/mol. The molecule has 1 aliphatic heterocycles. The monoisotopic (exact) mass is 383 g/mol. The summed E-state index contributed by atoms with van der Waals surface area (Å²) < 4.78 is 14.0. The zero-order chi connectivity index (χ0) is 19.9. The minimum absolute atomic E-state index is 0.154. The molecule has 28 heavy (non-hydrogen) atoms. The Labute approximate surface area is 167 Å². The molecule has 0 radical (unpaired) electrons. The number of benzene rings is 2. The molecular weight excluding hydrogens is 353 g/mol. The topological polar surface area (TPSA) is 34.1 Å². The maximum Gasteiger partial charge on any atom is 0.194 e. The van der Waals surface area contributed by atoms with Crippen LogP contribution in [0.15, 0.2) is 53.5 Å². The van der Waals surface area contributed by atoms with Crippen molar-refractivity contribution in [1.29, 1.82) is 0 Å². The number of para-hydroxylation sites is 1. The van der Waals surface area contributed by atoms with Crippen LogP contribution in [0, 0.1) is 5.82 Å². The van der Waals surface area contributed by atoms with Gasteiger partial charge in [0.05, 0.1) is 0 Å².